The summed E-state index contributed by atoms with van der Waals surface area (Å²) in [5.41, 5.74) is 0.530. The van der Waals surface area contributed by atoms with E-state index in [4.69, 9.17) is 14.7 Å². The molecule has 0 aliphatic carbocycles. The molecule has 0 aliphatic heterocycles. The first-order valence-electron chi connectivity index (χ1n) is 6.71. The van der Waals surface area contributed by atoms with Crippen LogP contribution in [0, 0.1) is 17.2 Å². The van der Waals surface area contributed by atoms with Crippen LogP contribution in [0.4, 0.5) is 0 Å². The molecule has 1 aromatic carbocycles. The number of methoxy groups -OCH3 is 1. The molecule has 0 spiro atoms. The molecule has 110 valence electrons. The van der Waals surface area contributed by atoms with Gasteiger partial charge in [0.25, 0.3) is 0 Å². The Kier molecular flexibility index (Phi) is 4.77. The van der Waals surface area contributed by atoms with Crippen molar-refractivity contribution in [2.45, 2.75) is 27.0 Å². The van der Waals surface area contributed by atoms with Gasteiger partial charge in [0, 0.05) is 12.6 Å². The van der Waals surface area contributed by atoms with Crippen LogP contribution in [-0.2, 0) is 13.2 Å². The van der Waals surface area contributed by atoms with Crippen LogP contribution in [-0.4, -0.2) is 21.9 Å². The van der Waals surface area contributed by atoms with Crippen LogP contribution in [0.15, 0.2) is 24.5 Å². The zero-order valence-electron chi connectivity index (χ0n) is 12.4. The molecule has 2 aromatic rings. The molecule has 0 amide bonds. The lowest BCUT2D eigenvalue weighted by molar-refractivity contribution is 0.266. The average Bonchev–Trinajstić information content (AvgIpc) is 2.91. The van der Waals surface area contributed by atoms with Crippen LogP contribution >= 0.6 is 0 Å². The Morgan fingerprint density at radius 1 is 1.33 bits per heavy atom. The number of rotatable bonds is 6. The second-order valence-electron chi connectivity index (χ2n) is 5.02. The predicted octanol–water partition coefficient (Wildman–Crippen LogP) is 2.39. The van der Waals surface area contributed by atoms with Crippen LogP contribution in [0.2, 0.25) is 0 Å². The summed E-state index contributed by atoms with van der Waals surface area (Å²) in [6.45, 7) is 5.34. The number of nitriles is 1. The first-order valence-corrected chi connectivity index (χ1v) is 6.71. The van der Waals surface area contributed by atoms with Crippen LogP contribution < -0.4 is 9.47 Å². The predicted molar refractivity (Wildman–Crippen MR) is 76.9 cm³/mol. The summed E-state index contributed by atoms with van der Waals surface area (Å²) in [6, 6.07) is 7.13. The van der Waals surface area contributed by atoms with Gasteiger partial charge in [0.15, 0.2) is 17.3 Å². The van der Waals surface area contributed by atoms with E-state index >= 15 is 0 Å². The fourth-order valence-electron chi connectivity index (χ4n) is 1.90. The standard InChI is InChI=1S/C15H18N4O2/c1-11(2)8-19-15(17-10-18-19)9-21-13-5-4-12(7-16)6-14(13)20-3/h4-6,10-11H,8-9H2,1-3H3. The number of ether oxygens (including phenoxy) is 2. The molecule has 0 N–H and O–H groups in total. The first kappa shape index (κ1) is 14.9. The number of hydrogen-bond acceptors (Lipinski definition) is 5. The van der Waals surface area contributed by atoms with Crippen LogP contribution in [0.3, 0.4) is 0 Å². The fourth-order valence-corrected chi connectivity index (χ4v) is 1.90. The third-order valence-corrected chi connectivity index (χ3v) is 2.88. The van der Waals surface area contributed by atoms with Gasteiger partial charge >= 0.3 is 0 Å². The molecule has 0 radical (unpaired) electrons. The van der Waals surface area contributed by atoms with Gasteiger partial charge in [-0.05, 0) is 18.1 Å². The minimum Gasteiger partial charge on any atom is -0.493 e. The van der Waals surface area contributed by atoms with Crippen molar-refractivity contribution in [2.24, 2.45) is 5.92 Å². The van der Waals surface area contributed by atoms with Gasteiger partial charge < -0.3 is 9.47 Å². The quantitative estimate of drug-likeness (QED) is 0.815. The number of aromatic nitrogens is 3. The second kappa shape index (κ2) is 6.75. The largest absolute Gasteiger partial charge is 0.493 e. The maximum Gasteiger partial charge on any atom is 0.164 e. The Balaban J connectivity index is 2.10. The highest BCUT2D eigenvalue weighted by atomic mass is 16.5. The molecule has 0 saturated carbocycles. The van der Waals surface area contributed by atoms with Crippen molar-refractivity contribution >= 4 is 0 Å². The summed E-state index contributed by atoms with van der Waals surface area (Å²) in [5.74, 6) is 2.35. The van der Waals surface area contributed by atoms with Gasteiger partial charge in [-0.25, -0.2) is 9.67 Å². The van der Waals surface area contributed by atoms with E-state index in [0.29, 0.717) is 29.6 Å². The molecule has 6 heteroatoms. The van der Waals surface area contributed by atoms with E-state index < -0.39 is 0 Å². The highest BCUT2D eigenvalue weighted by molar-refractivity contribution is 5.46. The Morgan fingerprint density at radius 3 is 2.81 bits per heavy atom. The Bertz CT molecular complexity index is 643. The van der Waals surface area contributed by atoms with Crippen molar-refractivity contribution in [1.82, 2.24) is 14.8 Å². The second-order valence-corrected chi connectivity index (χ2v) is 5.02. The summed E-state index contributed by atoms with van der Waals surface area (Å²) in [5, 5.41) is 13.1. The summed E-state index contributed by atoms with van der Waals surface area (Å²) in [4.78, 5) is 4.21. The Hall–Kier alpha value is -2.55. The molecule has 21 heavy (non-hydrogen) atoms. The van der Waals surface area contributed by atoms with E-state index in [1.807, 2.05) is 4.68 Å². The summed E-state index contributed by atoms with van der Waals surface area (Å²) >= 11 is 0. The third-order valence-electron chi connectivity index (χ3n) is 2.88. The normalized spacial score (nSPS) is 10.4. The molecule has 0 saturated heterocycles. The lowest BCUT2D eigenvalue weighted by atomic mass is 10.2. The van der Waals surface area contributed by atoms with E-state index in [0.717, 1.165) is 12.4 Å². The molecule has 0 bridgehead atoms. The van der Waals surface area contributed by atoms with Crippen molar-refractivity contribution in [3.8, 4) is 17.6 Å². The summed E-state index contributed by atoms with van der Waals surface area (Å²) in [7, 11) is 1.55. The van der Waals surface area contributed by atoms with Crippen LogP contribution in [0.1, 0.15) is 25.2 Å². The molecule has 2 rings (SSSR count). The van der Waals surface area contributed by atoms with Crippen molar-refractivity contribution in [3.05, 3.63) is 35.9 Å². The zero-order chi connectivity index (χ0) is 15.2. The van der Waals surface area contributed by atoms with Gasteiger partial charge in [-0.1, -0.05) is 13.8 Å². The van der Waals surface area contributed by atoms with Gasteiger partial charge in [-0.3, -0.25) is 0 Å². The lowest BCUT2D eigenvalue weighted by Gasteiger charge is -2.12. The maximum atomic E-state index is 8.88. The molecular formula is C15H18N4O2. The highest BCUT2D eigenvalue weighted by Crippen LogP contribution is 2.28. The summed E-state index contributed by atoms with van der Waals surface area (Å²) < 4.78 is 12.8. The topological polar surface area (TPSA) is 73.0 Å². The van der Waals surface area contributed by atoms with Crippen LogP contribution in [0.5, 0.6) is 11.5 Å². The van der Waals surface area contributed by atoms with Gasteiger partial charge in [-0.15, -0.1) is 0 Å². The van der Waals surface area contributed by atoms with E-state index in [2.05, 4.69) is 30.0 Å². The maximum absolute atomic E-state index is 8.88. The molecule has 1 heterocycles. The minimum atomic E-state index is 0.301. The zero-order valence-corrected chi connectivity index (χ0v) is 12.4. The van der Waals surface area contributed by atoms with E-state index in [1.54, 1.807) is 25.3 Å². The van der Waals surface area contributed by atoms with Crippen LogP contribution in [0.25, 0.3) is 0 Å². The monoisotopic (exact) mass is 286 g/mol. The van der Waals surface area contributed by atoms with Crippen molar-refractivity contribution in [3.63, 3.8) is 0 Å². The minimum absolute atomic E-state index is 0.301. The molecule has 0 unspecified atom stereocenters. The Morgan fingerprint density at radius 2 is 2.14 bits per heavy atom. The van der Waals surface area contributed by atoms with Gasteiger partial charge in [-0.2, -0.15) is 10.4 Å². The Labute approximate surface area is 123 Å². The first-order chi connectivity index (χ1) is 10.1. The molecule has 1 aromatic heterocycles. The van der Waals surface area contributed by atoms with Crippen molar-refractivity contribution in [2.75, 3.05) is 7.11 Å². The average molecular weight is 286 g/mol. The summed E-state index contributed by atoms with van der Waals surface area (Å²) in [6.07, 6.45) is 1.52. The molecule has 0 fully saturated rings. The highest BCUT2D eigenvalue weighted by Gasteiger charge is 2.10. The molecule has 0 aliphatic rings. The molecule has 6 nitrogen and oxygen atoms in total. The van der Waals surface area contributed by atoms with E-state index in [-0.39, 0.29) is 0 Å². The fraction of sp³-hybridized carbons (Fsp3) is 0.400. The molecule has 0 atom stereocenters. The van der Waals surface area contributed by atoms with Crippen molar-refractivity contribution in [1.29, 1.82) is 5.26 Å². The molecular weight excluding hydrogens is 268 g/mol. The van der Waals surface area contributed by atoms with E-state index in [1.165, 1.54) is 6.33 Å². The van der Waals surface area contributed by atoms with Gasteiger partial charge in [0.1, 0.15) is 12.9 Å². The third kappa shape index (κ3) is 3.72. The number of nitrogens with zero attached hydrogens (tertiary/aromatic N) is 4. The SMILES string of the molecule is COc1cc(C#N)ccc1OCc1ncnn1CC(C)C. The van der Waals surface area contributed by atoms with Gasteiger partial charge in [0.2, 0.25) is 0 Å². The number of hydrogen-bond donors (Lipinski definition) is 0. The smallest absolute Gasteiger partial charge is 0.164 e. The van der Waals surface area contributed by atoms with E-state index in [9.17, 15) is 0 Å². The van der Waals surface area contributed by atoms with Crippen molar-refractivity contribution < 1.29 is 9.47 Å². The lowest BCUT2D eigenvalue weighted by Crippen LogP contribution is -2.12. The number of benzene rings is 1. The van der Waals surface area contributed by atoms with Gasteiger partial charge in [0.05, 0.1) is 18.7 Å².